The Morgan fingerprint density at radius 1 is 1.50 bits per heavy atom. The van der Waals surface area contributed by atoms with Gasteiger partial charge in [-0.25, -0.2) is 0 Å². The second-order valence-corrected chi connectivity index (χ2v) is 3.64. The Bertz CT molecular complexity index is 424. The summed E-state index contributed by atoms with van der Waals surface area (Å²) in [5.41, 5.74) is 0.0634. The number of hydrogen-bond acceptors (Lipinski definition) is 5. The molecule has 1 fully saturated rings. The van der Waals surface area contributed by atoms with Crippen LogP contribution >= 0.6 is 0 Å². The molecule has 2 heterocycles. The van der Waals surface area contributed by atoms with Gasteiger partial charge in [-0.2, -0.15) is 4.98 Å². The second kappa shape index (κ2) is 4.52. The van der Waals surface area contributed by atoms with Crippen molar-refractivity contribution in [2.75, 3.05) is 31.2 Å². The number of aromatic hydroxyl groups is 1. The lowest BCUT2D eigenvalue weighted by Crippen LogP contribution is -2.38. The predicted octanol–water partition coefficient (Wildman–Crippen LogP) is -0.125. The van der Waals surface area contributed by atoms with Gasteiger partial charge in [0, 0.05) is 13.1 Å². The molecule has 0 amide bonds. The molecule has 1 aromatic heterocycles. The van der Waals surface area contributed by atoms with Gasteiger partial charge >= 0.3 is 0 Å². The average molecular weight is 225 g/mol. The van der Waals surface area contributed by atoms with Crippen molar-refractivity contribution < 1.29 is 9.84 Å². The van der Waals surface area contributed by atoms with E-state index in [1.54, 1.807) is 6.92 Å². The normalized spacial score (nSPS) is 16.4. The highest BCUT2D eigenvalue weighted by molar-refractivity contribution is 5.35. The third-order valence-corrected chi connectivity index (χ3v) is 2.65. The zero-order valence-corrected chi connectivity index (χ0v) is 9.19. The van der Waals surface area contributed by atoms with Crippen molar-refractivity contribution in [2.24, 2.45) is 0 Å². The lowest BCUT2D eigenvalue weighted by molar-refractivity contribution is 0.122. The number of morpholine rings is 1. The van der Waals surface area contributed by atoms with E-state index in [4.69, 9.17) is 4.74 Å². The summed E-state index contributed by atoms with van der Waals surface area (Å²) in [5, 5.41) is 9.61. The molecule has 0 atom stereocenters. The summed E-state index contributed by atoms with van der Waals surface area (Å²) in [7, 11) is 0. The number of nitrogens with zero attached hydrogens (tertiary/aromatic N) is 2. The molecule has 0 aliphatic carbocycles. The van der Waals surface area contributed by atoms with Gasteiger partial charge in [0.25, 0.3) is 5.56 Å². The van der Waals surface area contributed by atoms with Crippen molar-refractivity contribution in [1.29, 1.82) is 0 Å². The highest BCUT2D eigenvalue weighted by Crippen LogP contribution is 2.14. The van der Waals surface area contributed by atoms with Crippen LogP contribution in [0.1, 0.15) is 12.5 Å². The quantitative estimate of drug-likeness (QED) is 0.733. The molecule has 16 heavy (non-hydrogen) atoms. The molecule has 0 aromatic carbocycles. The first kappa shape index (κ1) is 10.9. The second-order valence-electron chi connectivity index (χ2n) is 3.64. The van der Waals surface area contributed by atoms with Gasteiger partial charge in [0.05, 0.1) is 18.8 Å². The lowest BCUT2D eigenvalue weighted by atomic mass is 10.2. The molecule has 6 nitrogen and oxygen atoms in total. The van der Waals surface area contributed by atoms with Crippen LogP contribution in [0.4, 0.5) is 5.95 Å². The summed E-state index contributed by atoms with van der Waals surface area (Å²) in [4.78, 5) is 20.2. The SMILES string of the molecule is CCc1c(O)nc(N2CCOCC2)[nH]c1=O. The molecule has 1 aromatic rings. The molecule has 88 valence electrons. The van der Waals surface area contributed by atoms with Crippen molar-refractivity contribution in [3.05, 3.63) is 15.9 Å². The lowest BCUT2D eigenvalue weighted by Gasteiger charge is -2.27. The summed E-state index contributed by atoms with van der Waals surface area (Å²) < 4.78 is 5.20. The maximum Gasteiger partial charge on any atom is 0.259 e. The first-order valence-electron chi connectivity index (χ1n) is 5.37. The fraction of sp³-hybridized carbons (Fsp3) is 0.600. The number of aromatic amines is 1. The first-order valence-corrected chi connectivity index (χ1v) is 5.37. The van der Waals surface area contributed by atoms with Crippen LogP contribution in [0, 0.1) is 0 Å². The molecule has 2 rings (SSSR count). The van der Waals surface area contributed by atoms with Gasteiger partial charge in [0.15, 0.2) is 0 Å². The van der Waals surface area contributed by atoms with E-state index in [9.17, 15) is 9.90 Å². The highest BCUT2D eigenvalue weighted by Gasteiger charge is 2.16. The van der Waals surface area contributed by atoms with Gasteiger partial charge in [0.2, 0.25) is 11.8 Å². The fourth-order valence-electron chi connectivity index (χ4n) is 1.72. The van der Waals surface area contributed by atoms with Gasteiger partial charge in [-0.15, -0.1) is 0 Å². The Labute approximate surface area is 92.9 Å². The zero-order chi connectivity index (χ0) is 11.5. The summed E-state index contributed by atoms with van der Waals surface area (Å²) in [6.45, 7) is 4.38. The van der Waals surface area contributed by atoms with Crippen LogP contribution in [0.25, 0.3) is 0 Å². The van der Waals surface area contributed by atoms with Crippen molar-refractivity contribution in [1.82, 2.24) is 9.97 Å². The van der Waals surface area contributed by atoms with Crippen LogP contribution in [0.15, 0.2) is 4.79 Å². The van der Waals surface area contributed by atoms with E-state index in [1.165, 1.54) is 0 Å². The van der Waals surface area contributed by atoms with E-state index in [1.807, 2.05) is 4.90 Å². The molecule has 0 radical (unpaired) electrons. The molecule has 2 N–H and O–H groups in total. The van der Waals surface area contributed by atoms with Crippen LogP contribution in [0.3, 0.4) is 0 Å². The van der Waals surface area contributed by atoms with Gasteiger partial charge in [-0.1, -0.05) is 6.92 Å². The number of H-pyrrole nitrogens is 1. The monoisotopic (exact) mass is 225 g/mol. The van der Waals surface area contributed by atoms with E-state index in [0.717, 1.165) is 0 Å². The molecular formula is C10H15N3O3. The van der Waals surface area contributed by atoms with E-state index < -0.39 is 0 Å². The maximum absolute atomic E-state index is 11.6. The highest BCUT2D eigenvalue weighted by atomic mass is 16.5. The molecule has 0 spiro atoms. The van der Waals surface area contributed by atoms with Crippen LogP contribution < -0.4 is 10.5 Å². The fourth-order valence-corrected chi connectivity index (χ4v) is 1.72. The summed E-state index contributed by atoms with van der Waals surface area (Å²) >= 11 is 0. The Morgan fingerprint density at radius 2 is 2.19 bits per heavy atom. The Kier molecular flexibility index (Phi) is 3.09. The maximum atomic E-state index is 11.6. The smallest absolute Gasteiger partial charge is 0.259 e. The molecular weight excluding hydrogens is 210 g/mol. The van der Waals surface area contributed by atoms with Gasteiger partial charge in [-0.05, 0) is 6.42 Å². The Balaban J connectivity index is 2.31. The van der Waals surface area contributed by atoms with Gasteiger partial charge < -0.3 is 14.7 Å². The number of hydrogen-bond donors (Lipinski definition) is 2. The topological polar surface area (TPSA) is 78.5 Å². The summed E-state index contributed by atoms with van der Waals surface area (Å²) in [5.74, 6) is 0.246. The van der Waals surface area contributed by atoms with Crippen molar-refractivity contribution >= 4 is 5.95 Å². The Morgan fingerprint density at radius 3 is 2.75 bits per heavy atom. The molecule has 1 saturated heterocycles. The molecule has 0 saturated carbocycles. The number of nitrogens with one attached hydrogen (secondary N) is 1. The van der Waals surface area contributed by atoms with Crippen LogP contribution in [-0.4, -0.2) is 41.4 Å². The first-order chi connectivity index (χ1) is 7.72. The number of rotatable bonds is 2. The van der Waals surface area contributed by atoms with Crippen molar-refractivity contribution in [2.45, 2.75) is 13.3 Å². The van der Waals surface area contributed by atoms with E-state index >= 15 is 0 Å². The number of aromatic nitrogens is 2. The van der Waals surface area contributed by atoms with Crippen LogP contribution in [0.5, 0.6) is 5.88 Å². The molecule has 6 heteroatoms. The molecule has 0 bridgehead atoms. The van der Waals surface area contributed by atoms with E-state index in [-0.39, 0.29) is 11.4 Å². The predicted molar refractivity (Wildman–Crippen MR) is 58.9 cm³/mol. The average Bonchev–Trinajstić information content (AvgIpc) is 2.30. The van der Waals surface area contributed by atoms with Crippen molar-refractivity contribution in [3.8, 4) is 5.88 Å². The number of anilines is 1. The third-order valence-electron chi connectivity index (χ3n) is 2.65. The zero-order valence-electron chi connectivity index (χ0n) is 9.19. The molecule has 1 aliphatic heterocycles. The largest absolute Gasteiger partial charge is 0.493 e. The molecule has 0 unspecified atom stereocenters. The summed E-state index contributed by atoms with van der Waals surface area (Å²) in [6, 6.07) is 0. The third kappa shape index (κ3) is 2.01. The minimum atomic E-state index is -0.267. The Hall–Kier alpha value is -1.56. The van der Waals surface area contributed by atoms with E-state index in [0.29, 0.717) is 44.2 Å². The van der Waals surface area contributed by atoms with E-state index in [2.05, 4.69) is 9.97 Å². The standard InChI is InChI=1S/C10H15N3O3/c1-2-7-8(14)11-10(12-9(7)15)13-3-5-16-6-4-13/h2-6H2,1H3,(H2,11,12,14,15). The van der Waals surface area contributed by atoms with Crippen LogP contribution in [0.2, 0.25) is 0 Å². The minimum absolute atomic E-state index is 0.173. The van der Waals surface area contributed by atoms with Crippen molar-refractivity contribution in [3.63, 3.8) is 0 Å². The van der Waals surface area contributed by atoms with Gasteiger partial charge in [0.1, 0.15) is 0 Å². The summed E-state index contributed by atoms with van der Waals surface area (Å²) in [6.07, 6.45) is 0.470. The van der Waals surface area contributed by atoms with Crippen LogP contribution in [-0.2, 0) is 11.2 Å². The van der Waals surface area contributed by atoms with Gasteiger partial charge in [-0.3, -0.25) is 9.78 Å². The number of ether oxygens (including phenoxy) is 1. The minimum Gasteiger partial charge on any atom is -0.493 e. The molecule has 1 aliphatic rings.